The van der Waals surface area contributed by atoms with Crippen LogP contribution in [0.2, 0.25) is 0 Å². The van der Waals surface area contributed by atoms with Crippen LogP contribution in [0.5, 0.6) is 5.75 Å². The van der Waals surface area contributed by atoms with Crippen LogP contribution in [-0.2, 0) is 0 Å². The Morgan fingerprint density at radius 2 is 1.50 bits per heavy atom. The van der Waals surface area contributed by atoms with Crippen molar-refractivity contribution in [2.24, 2.45) is 0 Å². The fourth-order valence-electron chi connectivity index (χ4n) is 2.83. The molecule has 0 aliphatic rings. The van der Waals surface area contributed by atoms with Gasteiger partial charge in [0.15, 0.2) is 0 Å². The predicted molar refractivity (Wildman–Crippen MR) is 121 cm³/mol. The lowest BCUT2D eigenvalue weighted by Crippen LogP contribution is -2.12. The van der Waals surface area contributed by atoms with Gasteiger partial charge in [-0.25, -0.2) is 4.98 Å². The summed E-state index contributed by atoms with van der Waals surface area (Å²) in [6.07, 6.45) is 0. The lowest BCUT2D eigenvalue weighted by molar-refractivity contribution is 0.415. The summed E-state index contributed by atoms with van der Waals surface area (Å²) in [6, 6.07) is 28.1. The Morgan fingerprint density at radius 3 is 2.14 bits per heavy atom. The molecule has 0 unspecified atom stereocenters. The van der Waals surface area contributed by atoms with E-state index in [0.29, 0.717) is 4.99 Å². The molecule has 1 heterocycles. The van der Waals surface area contributed by atoms with Crippen molar-refractivity contribution in [3.8, 4) is 26.8 Å². The second kappa shape index (κ2) is 8.33. The number of hydrogen-bond acceptors (Lipinski definition) is 4. The van der Waals surface area contributed by atoms with Crippen LogP contribution in [0.25, 0.3) is 21.0 Å². The first-order valence-electron chi connectivity index (χ1n) is 8.81. The number of nitrogens with zero attached hydrogens (tertiary/aromatic N) is 1. The molecule has 5 heteroatoms. The lowest BCUT2D eigenvalue weighted by atomic mass is 10.1. The summed E-state index contributed by atoms with van der Waals surface area (Å²) in [6.45, 7) is 0. The number of rotatable bonds is 5. The molecule has 0 saturated carbocycles. The standard InChI is InChI=1S/C23H18N2OS2/c1-26-19-14-12-16(13-15-19)21-20(22(27)24-18-10-6-3-7-11-18)25-23(28-21)17-8-4-2-5-9-17/h2-15H,1H3,(H,24,27). The first kappa shape index (κ1) is 18.3. The number of thiazole rings is 1. The third-order valence-corrected chi connectivity index (χ3v) is 5.70. The van der Waals surface area contributed by atoms with Crippen LogP contribution in [0.4, 0.5) is 5.69 Å². The van der Waals surface area contributed by atoms with E-state index in [2.05, 4.69) is 17.4 Å². The second-order valence-electron chi connectivity index (χ2n) is 6.11. The van der Waals surface area contributed by atoms with Crippen molar-refractivity contribution in [3.05, 3.63) is 90.6 Å². The van der Waals surface area contributed by atoms with Gasteiger partial charge in [-0.15, -0.1) is 11.3 Å². The molecular formula is C23H18N2OS2. The van der Waals surface area contributed by atoms with Gasteiger partial charge in [0.2, 0.25) is 0 Å². The van der Waals surface area contributed by atoms with Gasteiger partial charge in [0.25, 0.3) is 0 Å². The quantitative estimate of drug-likeness (QED) is 0.399. The molecule has 0 amide bonds. The van der Waals surface area contributed by atoms with Crippen molar-refractivity contribution < 1.29 is 4.74 Å². The molecule has 0 atom stereocenters. The summed E-state index contributed by atoms with van der Waals surface area (Å²) in [5.74, 6) is 0.822. The maximum atomic E-state index is 5.71. The highest BCUT2D eigenvalue weighted by molar-refractivity contribution is 7.81. The number of nitrogens with one attached hydrogen (secondary N) is 1. The number of ether oxygens (including phenoxy) is 1. The number of para-hydroxylation sites is 1. The largest absolute Gasteiger partial charge is 0.497 e. The summed E-state index contributed by atoms with van der Waals surface area (Å²) < 4.78 is 5.29. The van der Waals surface area contributed by atoms with Gasteiger partial charge in [-0.2, -0.15) is 0 Å². The predicted octanol–water partition coefficient (Wildman–Crippen LogP) is 6.27. The van der Waals surface area contributed by atoms with Crippen molar-refractivity contribution in [3.63, 3.8) is 0 Å². The maximum Gasteiger partial charge on any atom is 0.131 e. The molecule has 1 aromatic heterocycles. The van der Waals surface area contributed by atoms with Crippen molar-refractivity contribution >= 4 is 34.2 Å². The average Bonchev–Trinajstić information content (AvgIpc) is 3.21. The lowest BCUT2D eigenvalue weighted by Gasteiger charge is -2.08. The van der Waals surface area contributed by atoms with Crippen LogP contribution < -0.4 is 10.1 Å². The molecule has 0 bridgehead atoms. The Hall–Kier alpha value is -3.02. The molecule has 0 aliphatic heterocycles. The van der Waals surface area contributed by atoms with Crippen LogP contribution in [0.1, 0.15) is 5.69 Å². The molecule has 0 saturated heterocycles. The summed E-state index contributed by atoms with van der Waals surface area (Å²) in [5, 5.41) is 4.25. The monoisotopic (exact) mass is 402 g/mol. The molecule has 1 N–H and O–H groups in total. The summed E-state index contributed by atoms with van der Waals surface area (Å²) in [4.78, 5) is 6.52. The highest BCUT2D eigenvalue weighted by Gasteiger charge is 2.18. The van der Waals surface area contributed by atoms with E-state index in [9.17, 15) is 0 Å². The third-order valence-electron chi connectivity index (χ3n) is 4.25. The highest BCUT2D eigenvalue weighted by atomic mass is 32.1. The first-order valence-corrected chi connectivity index (χ1v) is 10.0. The van der Waals surface area contributed by atoms with Gasteiger partial charge in [0.1, 0.15) is 21.4 Å². The van der Waals surface area contributed by atoms with Crippen molar-refractivity contribution in [1.82, 2.24) is 4.98 Å². The van der Waals surface area contributed by atoms with Crippen molar-refractivity contribution in [2.45, 2.75) is 0 Å². The molecule has 3 aromatic carbocycles. The molecular weight excluding hydrogens is 384 g/mol. The zero-order chi connectivity index (χ0) is 19.3. The number of methoxy groups -OCH3 is 1. The third kappa shape index (κ3) is 3.96. The number of anilines is 1. The van der Waals surface area contributed by atoms with E-state index >= 15 is 0 Å². The van der Waals surface area contributed by atoms with Crippen molar-refractivity contribution in [1.29, 1.82) is 0 Å². The molecule has 0 radical (unpaired) electrons. The van der Waals surface area contributed by atoms with Crippen LogP contribution in [0, 0.1) is 0 Å². The van der Waals surface area contributed by atoms with Gasteiger partial charge in [0.05, 0.1) is 12.0 Å². The van der Waals surface area contributed by atoms with Gasteiger partial charge in [0, 0.05) is 11.3 Å². The summed E-state index contributed by atoms with van der Waals surface area (Å²) in [7, 11) is 1.67. The minimum atomic E-state index is 0.607. The molecule has 28 heavy (non-hydrogen) atoms. The van der Waals surface area contributed by atoms with Crippen LogP contribution in [0.3, 0.4) is 0 Å². The summed E-state index contributed by atoms with van der Waals surface area (Å²) in [5.41, 5.74) is 3.87. The number of aromatic nitrogens is 1. The number of benzene rings is 3. The molecule has 4 rings (SSSR count). The van der Waals surface area contributed by atoms with E-state index < -0.39 is 0 Å². The fraction of sp³-hybridized carbons (Fsp3) is 0.0435. The highest BCUT2D eigenvalue weighted by Crippen LogP contribution is 2.36. The average molecular weight is 403 g/mol. The normalized spacial score (nSPS) is 10.5. The van der Waals surface area contributed by atoms with Crippen LogP contribution in [-0.4, -0.2) is 17.1 Å². The Balaban J connectivity index is 1.76. The van der Waals surface area contributed by atoms with Gasteiger partial charge in [-0.05, 0) is 42.0 Å². The smallest absolute Gasteiger partial charge is 0.131 e. The molecule has 3 nitrogen and oxygen atoms in total. The maximum absolute atomic E-state index is 5.71. The Labute approximate surface area is 173 Å². The molecule has 0 spiro atoms. The van der Waals surface area contributed by atoms with Gasteiger partial charge in [-0.3, -0.25) is 0 Å². The Morgan fingerprint density at radius 1 is 0.857 bits per heavy atom. The van der Waals surface area contributed by atoms with Crippen LogP contribution >= 0.6 is 23.6 Å². The fourth-order valence-corrected chi connectivity index (χ4v) is 4.24. The van der Waals surface area contributed by atoms with E-state index in [1.54, 1.807) is 18.4 Å². The van der Waals surface area contributed by atoms with Gasteiger partial charge in [-0.1, -0.05) is 60.7 Å². The van der Waals surface area contributed by atoms with Crippen LogP contribution in [0.15, 0.2) is 84.9 Å². The number of thiocarbonyl (C=S) groups is 1. The van der Waals surface area contributed by atoms with Crippen molar-refractivity contribution in [2.75, 3.05) is 12.4 Å². The minimum Gasteiger partial charge on any atom is -0.497 e. The number of hydrogen-bond donors (Lipinski definition) is 1. The topological polar surface area (TPSA) is 34.1 Å². The summed E-state index contributed by atoms with van der Waals surface area (Å²) >= 11 is 7.35. The van der Waals surface area contributed by atoms with E-state index in [-0.39, 0.29) is 0 Å². The van der Waals surface area contributed by atoms with Gasteiger partial charge < -0.3 is 10.1 Å². The Kier molecular flexibility index (Phi) is 5.46. The van der Waals surface area contributed by atoms with E-state index in [1.165, 1.54) is 0 Å². The van der Waals surface area contributed by atoms with E-state index in [0.717, 1.165) is 38.1 Å². The molecule has 0 aliphatic carbocycles. The van der Waals surface area contributed by atoms with E-state index in [4.69, 9.17) is 21.9 Å². The van der Waals surface area contributed by atoms with E-state index in [1.807, 2.05) is 72.8 Å². The first-order chi connectivity index (χ1) is 13.7. The molecule has 0 fully saturated rings. The Bertz CT molecular complexity index is 1070. The second-order valence-corrected chi connectivity index (χ2v) is 7.52. The SMILES string of the molecule is COc1ccc(-c2sc(-c3ccccc3)nc2C(=S)Nc2ccccc2)cc1. The van der Waals surface area contributed by atoms with Gasteiger partial charge >= 0.3 is 0 Å². The zero-order valence-corrected chi connectivity index (χ0v) is 16.9. The minimum absolute atomic E-state index is 0.607. The molecule has 4 aromatic rings. The molecule has 138 valence electrons. The zero-order valence-electron chi connectivity index (χ0n) is 15.3.